The summed E-state index contributed by atoms with van der Waals surface area (Å²) >= 11 is 0. The quantitative estimate of drug-likeness (QED) is 0.439. The first-order valence-corrected chi connectivity index (χ1v) is 2.70. The summed E-state index contributed by atoms with van der Waals surface area (Å²) in [6.07, 6.45) is 0. The molecule has 0 aromatic heterocycles. The van der Waals surface area contributed by atoms with Crippen molar-refractivity contribution in [3.63, 3.8) is 0 Å². The second-order valence-corrected chi connectivity index (χ2v) is 1.79. The molecule has 9 heavy (non-hydrogen) atoms. The zero-order valence-corrected chi connectivity index (χ0v) is 5.46. The highest BCUT2D eigenvalue weighted by molar-refractivity contribution is 7.17. The molecular weight excluding hydrogens is 147 g/mol. The molecule has 1 atom stereocenters. The number of carboxylic acids is 1. The zero-order valence-electron chi connectivity index (χ0n) is 4.57. The van der Waals surface area contributed by atoms with Crippen molar-refractivity contribution in [2.75, 3.05) is 0 Å². The lowest BCUT2D eigenvalue weighted by Crippen LogP contribution is -2.34. The SMILES string of the molecule is CC(O)(OP=O)C(=O)O. The Morgan fingerprint density at radius 1 is 1.78 bits per heavy atom. The minimum atomic E-state index is -2.36. The van der Waals surface area contributed by atoms with Gasteiger partial charge in [-0.25, -0.2) is 13.9 Å². The van der Waals surface area contributed by atoms with Gasteiger partial charge in [0.25, 0.3) is 5.79 Å². The third kappa shape index (κ3) is 2.51. The van der Waals surface area contributed by atoms with Gasteiger partial charge >= 0.3 is 14.7 Å². The van der Waals surface area contributed by atoms with Crippen molar-refractivity contribution in [2.45, 2.75) is 12.7 Å². The van der Waals surface area contributed by atoms with Crippen LogP contribution in [-0.4, -0.2) is 22.0 Å². The van der Waals surface area contributed by atoms with Crippen LogP contribution in [0, 0.1) is 0 Å². The molecule has 0 heterocycles. The molecule has 6 heteroatoms. The lowest BCUT2D eigenvalue weighted by molar-refractivity contribution is -0.186. The number of aliphatic carboxylic acids is 1. The van der Waals surface area contributed by atoms with E-state index >= 15 is 0 Å². The second kappa shape index (κ2) is 2.87. The highest BCUT2D eigenvalue weighted by atomic mass is 31.1. The Hall–Kier alpha value is -0.510. The van der Waals surface area contributed by atoms with Crippen LogP contribution in [0.2, 0.25) is 0 Å². The highest BCUT2D eigenvalue weighted by Crippen LogP contribution is 2.12. The van der Waals surface area contributed by atoms with Gasteiger partial charge in [-0.1, -0.05) is 0 Å². The molecule has 0 aliphatic rings. The third-order valence-corrected chi connectivity index (χ3v) is 1.04. The minimum Gasteiger partial charge on any atom is -0.477 e. The van der Waals surface area contributed by atoms with Gasteiger partial charge < -0.3 is 10.2 Å². The number of carboxylic acid groups (broad SMARTS) is 1. The molecule has 52 valence electrons. The first kappa shape index (κ1) is 8.49. The minimum absolute atomic E-state index is 0.861. The van der Waals surface area contributed by atoms with Crippen molar-refractivity contribution in [1.82, 2.24) is 0 Å². The van der Waals surface area contributed by atoms with Crippen molar-refractivity contribution < 1.29 is 24.1 Å². The van der Waals surface area contributed by atoms with E-state index in [4.69, 9.17) is 10.2 Å². The van der Waals surface area contributed by atoms with Crippen molar-refractivity contribution in [1.29, 1.82) is 0 Å². The first-order chi connectivity index (χ1) is 4.00. The maximum Gasteiger partial charge on any atom is 0.364 e. The number of aliphatic hydroxyl groups is 1. The van der Waals surface area contributed by atoms with Crippen LogP contribution in [0.4, 0.5) is 0 Å². The smallest absolute Gasteiger partial charge is 0.364 e. The molecule has 1 unspecified atom stereocenters. The fourth-order valence-electron chi connectivity index (χ4n) is 0.112. The maximum atomic E-state index is 9.89. The molecule has 0 aliphatic carbocycles. The van der Waals surface area contributed by atoms with Crippen LogP contribution >= 0.6 is 8.69 Å². The maximum absolute atomic E-state index is 9.89. The molecule has 0 fully saturated rings. The molecule has 0 amide bonds. The molecular formula is C3H5O5P. The van der Waals surface area contributed by atoms with Gasteiger partial charge in [0.2, 0.25) is 0 Å². The summed E-state index contributed by atoms with van der Waals surface area (Å²) in [6.45, 7) is 0.875. The van der Waals surface area contributed by atoms with Gasteiger partial charge in [-0.2, -0.15) is 0 Å². The van der Waals surface area contributed by atoms with Crippen molar-refractivity contribution in [3.8, 4) is 0 Å². The number of hydrogen-bond acceptors (Lipinski definition) is 4. The first-order valence-electron chi connectivity index (χ1n) is 1.97. The predicted octanol–water partition coefficient (Wildman–Crippen LogP) is 0.00280. The lowest BCUT2D eigenvalue weighted by Gasteiger charge is -2.11. The summed E-state index contributed by atoms with van der Waals surface area (Å²) in [6, 6.07) is 0. The Morgan fingerprint density at radius 3 is 2.33 bits per heavy atom. The van der Waals surface area contributed by atoms with Gasteiger partial charge in [0.15, 0.2) is 0 Å². The molecule has 0 spiro atoms. The summed E-state index contributed by atoms with van der Waals surface area (Å²) in [5, 5.41) is 16.6. The summed E-state index contributed by atoms with van der Waals surface area (Å²) in [5.41, 5.74) is 0. The fourth-order valence-corrected chi connectivity index (χ4v) is 0.335. The zero-order chi connectivity index (χ0) is 7.49. The third-order valence-electron chi connectivity index (χ3n) is 0.612. The van der Waals surface area contributed by atoms with Crippen LogP contribution in [0.5, 0.6) is 0 Å². The molecule has 0 rings (SSSR count). The van der Waals surface area contributed by atoms with E-state index in [0.717, 1.165) is 6.92 Å². The van der Waals surface area contributed by atoms with E-state index in [0.29, 0.717) is 0 Å². The summed E-state index contributed by atoms with van der Waals surface area (Å²) in [4.78, 5) is 9.89. The summed E-state index contributed by atoms with van der Waals surface area (Å²) in [7, 11) is -0.861. The van der Waals surface area contributed by atoms with E-state index in [2.05, 4.69) is 4.52 Å². The number of hydrogen-bond donors (Lipinski definition) is 2. The molecule has 0 aromatic rings. The summed E-state index contributed by atoms with van der Waals surface area (Å²) in [5.74, 6) is -3.94. The van der Waals surface area contributed by atoms with E-state index < -0.39 is 20.4 Å². The van der Waals surface area contributed by atoms with Gasteiger partial charge in [0, 0.05) is 6.92 Å². The predicted molar refractivity (Wildman–Crippen MR) is 27.0 cm³/mol. The molecule has 0 aromatic carbocycles. The molecule has 0 saturated heterocycles. The highest BCUT2D eigenvalue weighted by Gasteiger charge is 2.31. The van der Waals surface area contributed by atoms with Crippen LogP contribution < -0.4 is 0 Å². The fraction of sp³-hybridized carbons (Fsp3) is 0.667. The second-order valence-electron chi connectivity index (χ2n) is 1.45. The van der Waals surface area contributed by atoms with Crippen LogP contribution in [0.3, 0.4) is 0 Å². The van der Waals surface area contributed by atoms with Gasteiger partial charge in [-0.05, 0) is 0 Å². The van der Waals surface area contributed by atoms with E-state index in [-0.39, 0.29) is 0 Å². The van der Waals surface area contributed by atoms with Gasteiger partial charge in [-0.3, -0.25) is 0 Å². The molecule has 0 saturated carbocycles. The van der Waals surface area contributed by atoms with E-state index in [1.165, 1.54) is 0 Å². The van der Waals surface area contributed by atoms with Crippen LogP contribution in [0.1, 0.15) is 6.92 Å². The lowest BCUT2D eigenvalue weighted by atomic mass is 10.3. The molecule has 0 radical (unpaired) electrons. The average molecular weight is 152 g/mol. The van der Waals surface area contributed by atoms with Crippen molar-refractivity contribution in [3.05, 3.63) is 0 Å². The van der Waals surface area contributed by atoms with Crippen LogP contribution in [0.25, 0.3) is 0 Å². The summed E-state index contributed by atoms with van der Waals surface area (Å²) < 4.78 is 13.4. The van der Waals surface area contributed by atoms with Gasteiger partial charge in [0.05, 0.1) is 0 Å². The van der Waals surface area contributed by atoms with E-state index in [1.54, 1.807) is 0 Å². The Bertz CT molecular complexity index is 130. The van der Waals surface area contributed by atoms with Crippen LogP contribution in [-0.2, 0) is 13.9 Å². The Balaban J connectivity index is 4.00. The van der Waals surface area contributed by atoms with Gasteiger partial charge in [-0.15, -0.1) is 0 Å². The standard InChI is InChI=1S/C3H5O5P/c1-3(6,2(4)5)8-9-7/h6H,1H3,(H,4,5). The number of rotatable bonds is 3. The topological polar surface area (TPSA) is 83.8 Å². The largest absolute Gasteiger partial charge is 0.477 e. The Morgan fingerprint density at radius 2 is 2.22 bits per heavy atom. The Labute approximate surface area is 52.5 Å². The molecule has 5 nitrogen and oxygen atoms in total. The van der Waals surface area contributed by atoms with Crippen molar-refractivity contribution >= 4 is 14.7 Å². The normalized spacial score (nSPS) is 17.1. The average Bonchev–Trinajstić information content (AvgIpc) is 1.65. The molecule has 0 bridgehead atoms. The van der Waals surface area contributed by atoms with E-state index in [9.17, 15) is 9.36 Å². The molecule has 0 aliphatic heterocycles. The number of carbonyl (C=O) groups is 1. The molecule has 2 N–H and O–H groups in total. The Kier molecular flexibility index (Phi) is 2.70. The monoisotopic (exact) mass is 152 g/mol. The van der Waals surface area contributed by atoms with Crippen LogP contribution in [0.15, 0.2) is 0 Å². The van der Waals surface area contributed by atoms with Crippen molar-refractivity contribution in [2.24, 2.45) is 0 Å². The van der Waals surface area contributed by atoms with Gasteiger partial charge in [0.1, 0.15) is 0 Å². The van der Waals surface area contributed by atoms with E-state index in [1.807, 2.05) is 0 Å².